The number of imide groups is 1. The van der Waals surface area contributed by atoms with Crippen LogP contribution in [0.4, 0.5) is 4.79 Å². The Morgan fingerprint density at radius 1 is 1.24 bits per heavy atom. The number of carbonyl (C=O) groups excluding carboxylic acids is 3. The highest BCUT2D eigenvalue weighted by atomic mass is 16.6. The van der Waals surface area contributed by atoms with Gasteiger partial charge in [0, 0.05) is 20.0 Å². The van der Waals surface area contributed by atoms with Gasteiger partial charge in [-0.3, -0.25) is 24.0 Å². The number of aryl methyl sites for hydroxylation is 1. The first kappa shape index (κ1) is 26.4. The fraction of sp³-hybridized carbons (Fsp3) is 0.538. The average Bonchev–Trinajstić information content (AvgIpc) is 3.09. The number of amides is 3. The molecule has 4 rings (SSSR count). The Labute approximate surface area is 214 Å². The SMILES string of the molecule is Cn1c(=O)n(C2CCC(=O)NC2=O)c2cccc(C#CCOC[C@@H]3CN(C(=O)OC(C)(C)C)CCO3)c21. The van der Waals surface area contributed by atoms with Crippen molar-refractivity contribution in [2.24, 2.45) is 7.05 Å². The van der Waals surface area contributed by atoms with Gasteiger partial charge in [-0.05, 0) is 39.3 Å². The van der Waals surface area contributed by atoms with Crippen LogP contribution in [0.5, 0.6) is 0 Å². The number of morpholine rings is 1. The van der Waals surface area contributed by atoms with Crippen molar-refractivity contribution in [2.75, 3.05) is 32.9 Å². The van der Waals surface area contributed by atoms with E-state index in [1.165, 1.54) is 9.13 Å². The predicted molar refractivity (Wildman–Crippen MR) is 134 cm³/mol. The molecule has 2 aromatic rings. The lowest BCUT2D eigenvalue weighted by molar-refractivity contribution is -0.135. The number of fused-ring (bicyclic) bond motifs is 1. The zero-order chi connectivity index (χ0) is 26.7. The van der Waals surface area contributed by atoms with E-state index in [4.69, 9.17) is 14.2 Å². The highest BCUT2D eigenvalue weighted by molar-refractivity contribution is 6.00. The molecule has 11 nitrogen and oxygen atoms in total. The number of para-hydroxylation sites is 1. The lowest BCUT2D eigenvalue weighted by Gasteiger charge is -2.34. The topological polar surface area (TPSA) is 121 Å². The third-order valence-corrected chi connectivity index (χ3v) is 6.12. The number of aromatic nitrogens is 2. The van der Waals surface area contributed by atoms with Gasteiger partial charge in [0.05, 0.1) is 42.5 Å². The monoisotopic (exact) mass is 512 g/mol. The van der Waals surface area contributed by atoms with Crippen molar-refractivity contribution in [2.45, 2.75) is 51.4 Å². The van der Waals surface area contributed by atoms with Crippen molar-refractivity contribution in [1.29, 1.82) is 0 Å². The van der Waals surface area contributed by atoms with Gasteiger partial charge in [-0.2, -0.15) is 0 Å². The molecule has 0 saturated carbocycles. The van der Waals surface area contributed by atoms with Crippen molar-refractivity contribution in [3.05, 3.63) is 34.2 Å². The fourth-order valence-corrected chi connectivity index (χ4v) is 4.45. The van der Waals surface area contributed by atoms with E-state index < -0.39 is 17.6 Å². The second kappa shape index (κ2) is 10.8. The maximum Gasteiger partial charge on any atom is 0.410 e. The van der Waals surface area contributed by atoms with E-state index in [0.717, 1.165) is 0 Å². The van der Waals surface area contributed by atoms with Crippen LogP contribution in [0.3, 0.4) is 0 Å². The van der Waals surface area contributed by atoms with Crippen molar-refractivity contribution < 1.29 is 28.6 Å². The van der Waals surface area contributed by atoms with Crippen molar-refractivity contribution in [3.8, 4) is 11.8 Å². The van der Waals surface area contributed by atoms with Gasteiger partial charge in [0.1, 0.15) is 18.2 Å². The van der Waals surface area contributed by atoms with E-state index in [1.807, 2.05) is 20.8 Å². The van der Waals surface area contributed by atoms with E-state index in [1.54, 1.807) is 30.1 Å². The number of carbonyl (C=O) groups is 3. The number of piperidine rings is 1. The molecule has 1 unspecified atom stereocenters. The van der Waals surface area contributed by atoms with Crippen molar-refractivity contribution in [1.82, 2.24) is 19.4 Å². The first-order chi connectivity index (χ1) is 17.5. The summed E-state index contributed by atoms with van der Waals surface area (Å²) in [6, 6.07) is 4.58. The normalized spacial score (nSPS) is 20.4. The average molecular weight is 513 g/mol. The van der Waals surface area contributed by atoms with E-state index in [2.05, 4.69) is 17.2 Å². The van der Waals surface area contributed by atoms with Gasteiger partial charge in [0.15, 0.2) is 0 Å². The van der Waals surface area contributed by atoms with Crippen molar-refractivity contribution >= 4 is 28.9 Å². The molecule has 3 heterocycles. The number of imidazole rings is 1. The Hall–Kier alpha value is -3.62. The molecule has 2 aliphatic rings. The minimum absolute atomic E-state index is 0.129. The number of hydrogen-bond acceptors (Lipinski definition) is 7. The largest absolute Gasteiger partial charge is 0.444 e. The van der Waals surface area contributed by atoms with E-state index >= 15 is 0 Å². The minimum Gasteiger partial charge on any atom is -0.444 e. The van der Waals surface area contributed by atoms with Crippen LogP contribution in [0.2, 0.25) is 0 Å². The molecular formula is C26H32N4O7. The number of rotatable bonds is 4. The summed E-state index contributed by atoms with van der Waals surface area (Å²) >= 11 is 0. The molecule has 1 N–H and O–H groups in total. The predicted octanol–water partition coefficient (Wildman–Crippen LogP) is 1.32. The number of nitrogens with zero attached hydrogens (tertiary/aromatic N) is 3. The minimum atomic E-state index is -0.754. The molecule has 1 aromatic heterocycles. The summed E-state index contributed by atoms with van der Waals surface area (Å²) in [5.74, 6) is 5.20. The zero-order valence-electron chi connectivity index (χ0n) is 21.5. The maximum absolute atomic E-state index is 13.0. The Bertz CT molecular complexity index is 1320. The third-order valence-electron chi connectivity index (χ3n) is 6.12. The quantitative estimate of drug-likeness (QED) is 0.373. The zero-order valence-corrected chi connectivity index (χ0v) is 21.5. The molecule has 2 atom stereocenters. The molecule has 1 aromatic carbocycles. The summed E-state index contributed by atoms with van der Waals surface area (Å²) < 4.78 is 19.7. The van der Waals surface area contributed by atoms with Gasteiger partial charge in [-0.25, -0.2) is 9.59 Å². The van der Waals surface area contributed by atoms with Gasteiger partial charge in [0.25, 0.3) is 0 Å². The molecule has 198 valence electrons. The molecular weight excluding hydrogens is 480 g/mol. The van der Waals surface area contributed by atoms with Crippen LogP contribution in [-0.2, 0) is 30.8 Å². The second-order valence-corrected chi connectivity index (χ2v) is 10.1. The summed E-state index contributed by atoms with van der Waals surface area (Å²) in [6.45, 7) is 7.11. The van der Waals surface area contributed by atoms with Crippen LogP contribution in [0, 0.1) is 11.8 Å². The molecule has 0 spiro atoms. The first-order valence-corrected chi connectivity index (χ1v) is 12.2. The summed E-state index contributed by atoms with van der Waals surface area (Å²) in [7, 11) is 1.63. The Kier molecular flexibility index (Phi) is 7.71. The summed E-state index contributed by atoms with van der Waals surface area (Å²) in [5, 5.41) is 2.31. The molecule has 0 aliphatic carbocycles. The maximum atomic E-state index is 13.0. The highest BCUT2D eigenvalue weighted by Gasteiger charge is 2.31. The lowest BCUT2D eigenvalue weighted by atomic mass is 10.1. The van der Waals surface area contributed by atoms with Crippen molar-refractivity contribution in [3.63, 3.8) is 0 Å². The Morgan fingerprint density at radius 2 is 2.03 bits per heavy atom. The van der Waals surface area contributed by atoms with Crippen LogP contribution >= 0.6 is 0 Å². The van der Waals surface area contributed by atoms with Crippen LogP contribution in [0.25, 0.3) is 11.0 Å². The summed E-state index contributed by atoms with van der Waals surface area (Å²) in [6.07, 6.45) is -0.211. The number of nitrogens with one attached hydrogen (secondary N) is 1. The molecule has 11 heteroatoms. The van der Waals surface area contributed by atoms with Crippen LogP contribution in [0.1, 0.15) is 45.2 Å². The Balaban J connectivity index is 1.40. The number of hydrogen-bond donors (Lipinski definition) is 1. The van der Waals surface area contributed by atoms with Gasteiger partial charge < -0.3 is 19.1 Å². The molecule has 3 amide bonds. The van der Waals surface area contributed by atoms with Gasteiger partial charge in [-0.1, -0.05) is 17.9 Å². The number of benzene rings is 1. The Morgan fingerprint density at radius 3 is 2.76 bits per heavy atom. The van der Waals surface area contributed by atoms with Gasteiger partial charge >= 0.3 is 11.8 Å². The van der Waals surface area contributed by atoms with Gasteiger partial charge in [0.2, 0.25) is 11.8 Å². The van der Waals surface area contributed by atoms with Crippen LogP contribution in [0.15, 0.2) is 23.0 Å². The fourth-order valence-electron chi connectivity index (χ4n) is 4.45. The molecule has 37 heavy (non-hydrogen) atoms. The highest BCUT2D eigenvalue weighted by Crippen LogP contribution is 2.24. The smallest absolute Gasteiger partial charge is 0.410 e. The molecule has 2 saturated heterocycles. The molecule has 2 fully saturated rings. The van der Waals surface area contributed by atoms with Crippen LogP contribution in [-0.4, -0.2) is 76.6 Å². The molecule has 0 bridgehead atoms. The third kappa shape index (κ3) is 6.03. The summed E-state index contributed by atoms with van der Waals surface area (Å²) in [4.78, 5) is 50.9. The molecule has 0 radical (unpaired) electrons. The van der Waals surface area contributed by atoms with E-state index in [0.29, 0.717) is 36.3 Å². The molecule has 2 aliphatic heterocycles. The van der Waals surface area contributed by atoms with Crippen LogP contribution < -0.4 is 11.0 Å². The second-order valence-electron chi connectivity index (χ2n) is 10.1. The van der Waals surface area contributed by atoms with E-state index in [9.17, 15) is 19.2 Å². The summed E-state index contributed by atoms with van der Waals surface area (Å²) in [5.41, 5.74) is 0.892. The van der Waals surface area contributed by atoms with E-state index in [-0.39, 0.29) is 49.8 Å². The standard InChI is InChI=1S/C26H32N4O7/c1-26(2,3)37-25(34)29-12-14-36-18(15-29)16-35-13-6-8-17-7-5-9-19-22(17)28(4)24(33)30(19)20-10-11-21(31)27-23(20)32/h5,7,9,18,20H,10-16H2,1-4H3,(H,27,31,32)/t18-,20?/m0/s1. The lowest BCUT2D eigenvalue weighted by Crippen LogP contribution is -2.48. The number of ether oxygens (including phenoxy) is 3. The van der Waals surface area contributed by atoms with Gasteiger partial charge in [-0.15, -0.1) is 0 Å². The first-order valence-electron chi connectivity index (χ1n) is 12.2.